The molecule has 15 heavy (non-hydrogen) atoms. The number of hydrogen-bond acceptors (Lipinski definition) is 5. The van der Waals surface area contributed by atoms with Crippen molar-refractivity contribution in [1.29, 1.82) is 5.26 Å². The summed E-state index contributed by atoms with van der Waals surface area (Å²) in [5, 5.41) is 20.1. The van der Waals surface area contributed by atoms with Crippen molar-refractivity contribution in [3.05, 3.63) is 11.3 Å². The lowest BCUT2D eigenvalue weighted by Crippen LogP contribution is -2.37. The minimum Gasteiger partial charge on any atom is -0.476 e. The highest BCUT2D eigenvalue weighted by Gasteiger charge is 2.46. The number of fused-ring (bicyclic) bond motifs is 1. The number of hydrazine groups is 1. The number of carbonyl (C=O) groups is 2. The predicted molar refractivity (Wildman–Crippen MR) is 46.7 cm³/mol. The number of carbonyl (C=O) groups excluding carboxylic acids is 1. The van der Waals surface area contributed by atoms with Crippen LogP contribution in [0, 0.1) is 11.3 Å². The summed E-state index contributed by atoms with van der Waals surface area (Å²) in [6.07, 6.45) is 0. The van der Waals surface area contributed by atoms with E-state index in [-0.39, 0.29) is 24.4 Å². The second-order valence-corrected chi connectivity index (χ2v) is 3.35. The first-order valence-electron chi connectivity index (χ1n) is 4.27. The number of carboxylic acids is 1. The predicted octanol–water partition coefficient (Wildman–Crippen LogP) is -1.75. The molecule has 0 aromatic heterocycles. The fourth-order valence-corrected chi connectivity index (χ4v) is 1.76. The van der Waals surface area contributed by atoms with Gasteiger partial charge in [-0.3, -0.25) is 4.79 Å². The van der Waals surface area contributed by atoms with E-state index < -0.39 is 17.9 Å². The average molecular weight is 208 g/mol. The third kappa shape index (κ3) is 1.20. The SMILES string of the molecule is N#CC1=C(C(=O)O)N2C(=O)[C@@H](N)CN2C1. The van der Waals surface area contributed by atoms with Crippen LogP contribution in [0.2, 0.25) is 0 Å². The number of carboxylic acid groups (broad SMARTS) is 1. The lowest BCUT2D eigenvalue weighted by atomic mass is 10.2. The monoisotopic (exact) mass is 208 g/mol. The van der Waals surface area contributed by atoms with Gasteiger partial charge in [-0.25, -0.2) is 14.8 Å². The number of aliphatic carboxylic acids is 1. The Labute approximate surface area is 84.9 Å². The Morgan fingerprint density at radius 3 is 2.87 bits per heavy atom. The molecule has 0 unspecified atom stereocenters. The molecule has 2 aliphatic heterocycles. The van der Waals surface area contributed by atoms with Crippen LogP contribution in [0.3, 0.4) is 0 Å². The van der Waals surface area contributed by atoms with Crippen molar-refractivity contribution in [2.24, 2.45) is 5.73 Å². The normalized spacial score (nSPS) is 25.7. The fraction of sp³-hybridized carbons (Fsp3) is 0.375. The molecule has 0 saturated carbocycles. The largest absolute Gasteiger partial charge is 0.476 e. The van der Waals surface area contributed by atoms with Gasteiger partial charge in [0, 0.05) is 6.54 Å². The third-order valence-corrected chi connectivity index (χ3v) is 2.39. The van der Waals surface area contributed by atoms with E-state index in [1.807, 2.05) is 0 Å². The van der Waals surface area contributed by atoms with Crippen molar-refractivity contribution in [3.63, 3.8) is 0 Å². The van der Waals surface area contributed by atoms with E-state index in [1.54, 1.807) is 6.07 Å². The molecule has 0 aromatic carbocycles. The zero-order valence-corrected chi connectivity index (χ0v) is 7.67. The Hall–Kier alpha value is -1.91. The molecular formula is C8H8N4O3. The maximum absolute atomic E-state index is 11.5. The molecule has 2 aliphatic rings. The van der Waals surface area contributed by atoms with Crippen LogP contribution in [-0.2, 0) is 9.59 Å². The molecule has 2 heterocycles. The van der Waals surface area contributed by atoms with Crippen molar-refractivity contribution >= 4 is 11.9 Å². The fourth-order valence-electron chi connectivity index (χ4n) is 1.76. The second-order valence-electron chi connectivity index (χ2n) is 3.35. The molecule has 0 aliphatic carbocycles. The summed E-state index contributed by atoms with van der Waals surface area (Å²) in [5.74, 6) is -1.76. The van der Waals surface area contributed by atoms with Crippen molar-refractivity contribution in [2.45, 2.75) is 6.04 Å². The Bertz CT molecular complexity index is 422. The summed E-state index contributed by atoms with van der Waals surface area (Å²) >= 11 is 0. The van der Waals surface area contributed by atoms with Crippen LogP contribution in [0.4, 0.5) is 0 Å². The van der Waals surface area contributed by atoms with E-state index >= 15 is 0 Å². The molecular weight excluding hydrogens is 200 g/mol. The molecule has 1 fully saturated rings. The Morgan fingerprint density at radius 1 is 1.67 bits per heavy atom. The van der Waals surface area contributed by atoms with Crippen LogP contribution in [0.15, 0.2) is 11.3 Å². The summed E-state index contributed by atoms with van der Waals surface area (Å²) in [7, 11) is 0. The van der Waals surface area contributed by atoms with Gasteiger partial charge >= 0.3 is 5.97 Å². The van der Waals surface area contributed by atoms with Crippen LogP contribution < -0.4 is 5.73 Å². The molecule has 0 spiro atoms. The van der Waals surface area contributed by atoms with Gasteiger partial charge in [-0.15, -0.1) is 0 Å². The van der Waals surface area contributed by atoms with Gasteiger partial charge in [0.05, 0.1) is 18.2 Å². The summed E-state index contributed by atoms with van der Waals surface area (Å²) < 4.78 is 0. The van der Waals surface area contributed by atoms with Gasteiger partial charge in [0.25, 0.3) is 5.91 Å². The van der Waals surface area contributed by atoms with Gasteiger partial charge in [-0.05, 0) is 0 Å². The van der Waals surface area contributed by atoms with Gasteiger partial charge in [0.1, 0.15) is 6.04 Å². The standard InChI is InChI=1S/C8H8N4O3/c9-1-4-2-11-3-5(10)7(13)12(11)6(4)8(14)15/h5H,2-3,10H2,(H,14,15)/t5-/m0/s1. The van der Waals surface area contributed by atoms with Crippen LogP contribution in [-0.4, -0.2) is 46.1 Å². The molecule has 7 nitrogen and oxygen atoms in total. The zero-order chi connectivity index (χ0) is 11.2. The summed E-state index contributed by atoms with van der Waals surface area (Å²) in [4.78, 5) is 22.4. The summed E-state index contributed by atoms with van der Waals surface area (Å²) in [5.41, 5.74) is 5.30. The number of hydrogen-bond donors (Lipinski definition) is 2. The van der Waals surface area contributed by atoms with Crippen molar-refractivity contribution in [1.82, 2.24) is 10.0 Å². The molecule has 3 N–H and O–H groups in total. The highest BCUT2D eigenvalue weighted by Crippen LogP contribution is 2.28. The quantitative estimate of drug-likeness (QED) is 0.528. The lowest BCUT2D eigenvalue weighted by Gasteiger charge is -2.18. The molecule has 1 saturated heterocycles. The van der Waals surface area contributed by atoms with Gasteiger partial charge in [0.15, 0.2) is 5.70 Å². The van der Waals surface area contributed by atoms with Crippen molar-refractivity contribution in [3.8, 4) is 6.07 Å². The first-order valence-corrected chi connectivity index (χ1v) is 4.27. The molecule has 7 heteroatoms. The van der Waals surface area contributed by atoms with Crippen molar-refractivity contribution < 1.29 is 14.7 Å². The molecule has 0 radical (unpaired) electrons. The number of nitrogens with zero attached hydrogens (tertiary/aromatic N) is 3. The number of rotatable bonds is 1. The average Bonchev–Trinajstić information content (AvgIpc) is 2.65. The highest BCUT2D eigenvalue weighted by molar-refractivity contribution is 5.97. The van der Waals surface area contributed by atoms with E-state index in [0.29, 0.717) is 0 Å². The van der Waals surface area contributed by atoms with E-state index in [2.05, 4.69) is 0 Å². The van der Waals surface area contributed by atoms with E-state index in [0.717, 1.165) is 5.01 Å². The van der Waals surface area contributed by atoms with Gasteiger partial charge in [0.2, 0.25) is 0 Å². The Balaban J connectivity index is 2.44. The molecule has 0 aromatic rings. The van der Waals surface area contributed by atoms with Gasteiger partial charge in [-0.1, -0.05) is 0 Å². The topological polar surface area (TPSA) is 111 Å². The third-order valence-electron chi connectivity index (χ3n) is 2.39. The van der Waals surface area contributed by atoms with Crippen LogP contribution in [0.5, 0.6) is 0 Å². The van der Waals surface area contributed by atoms with Crippen LogP contribution in [0.25, 0.3) is 0 Å². The lowest BCUT2D eigenvalue weighted by molar-refractivity contribution is -0.143. The van der Waals surface area contributed by atoms with Gasteiger partial charge in [-0.2, -0.15) is 5.26 Å². The second kappa shape index (κ2) is 3.05. The maximum atomic E-state index is 11.5. The first kappa shape index (κ1) is 9.64. The minimum absolute atomic E-state index is 0.0859. The van der Waals surface area contributed by atoms with E-state index in [9.17, 15) is 9.59 Å². The summed E-state index contributed by atoms with van der Waals surface area (Å²) in [6.45, 7) is 0.387. The van der Waals surface area contributed by atoms with E-state index in [1.165, 1.54) is 5.01 Å². The Morgan fingerprint density at radius 2 is 2.33 bits per heavy atom. The molecule has 1 atom stereocenters. The van der Waals surface area contributed by atoms with Gasteiger partial charge < -0.3 is 10.8 Å². The summed E-state index contributed by atoms with van der Waals surface area (Å²) in [6, 6.07) is 1.07. The molecule has 0 bridgehead atoms. The van der Waals surface area contributed by atoms with Crippen LogP contribution >= 0.6 is 0 Å². The Kier molecular flexibility index (Phi) is 1.96. The minimum atomic E-state index is -1.28. The molecule has 1 amide bonds. The highest BCUT2D eigenvalue weighted by atomic mass is 16.4. The molecule has 2 rings (SSSR count). The zero-order valence-electron chi connectivity index (χ0n) is 7.67. The number of nitrogens with two attached hydrogens (primary N) is 1. The smallest absolute Gasteiger partial charge is 0.355 e. The maximum Gasteiger partial charge on any atom is 0.355 e. The van der Waals surface area contributed by atoms with Crippen molar-refractivity contribution in [2.75, 3.05) is 13.1 Å². The number of amides is 1. The number of nitriles is 1. The van der Waals surface area contributed by atoms with Crippen LogP contribution in [0.1, 0.15) is 0 Å². The van der Waals surface area contributed by atoms with E-state index in [4.69, 9.17) is 16.1 Å². The molecule has 78 valence electrons. The first-order chi connectivity index (χ1) is 7.06.